The molecule has 0 saturated heterocycles. The summed E-state index contributed by atoms with van der Waals surface area (Å²) < 4.78 is 4.80. The number of carbonyl (C=O) groups excluding carboxylic acids is 3. The van der Waals surface area contributed by atoms with Crippen LogP contribution >= 0.6 is 0 Å². The van der Waals surface area contributed by atoms with Crippen molar-refractivity contribution in [1.29, 1.82) is 0 Å². The zero-order valence-corrected chi connectivity index (χ0v) is 16.5. The van der Waals surface area contributed by atoms with Gasteiger partial charge in [-0.3, -0.25) is 14.9 Å². The van der Waals surface area contributed by atoms with Crippen LogP contribution in [0.15, 0.2) is 42.5 Å². The molecule has 7 heteroatoms. The minimum Gasteiger partial charge on any atom is -0.450 e. The number of rotatable bonds is 6. The Hall–Kier alpha value is -3.35. The molecule has 3 amide bonds. The van der Waals surface area contributed by atoms with E-state index in [2.05, 4.69) is 10.6 Å². The second kappa shape index (κ2) is 9.55. The molecule has 2 N–H and O–H groups in total. The van der Waals surface area contributed by atoms with E-state index in [-0.39, 0.29) is 25.0 Å². The standard InChI is InChI=1S/C21H25N3O4/c1-5-28-21(27)22-17-11-9-16(10-12-17)20(26)24(4)13-19(25)23-18-8-6-7-14(2)15(18)3/h6-12H,5,13H2,1-4H3,(H,22,27)(H,23,25). The number of amides is 3. The molecule has 0 unspecified atom stereocenters. The molecular formula is C21H25N3O4. The van der Waals surface area contributed by atoms with Crippen LogP contribution in [0.1, 0.15) is 28.4 Å². The van der Waals surface area contributed by atoms with Crippen LogP contribution in [-0.4, -0.2) is 43.0 Å². The van der Waals surface area contributed by atoms with E-state index in [4.69, 9.17) is 4.74 Å². The summed E-state index contributed by atoms with van der Waals surface area (Å²) in [6, 6.07) is 12.1. The lowest BCUT2D eigenvalue weighted by Crippen LogP contribution is -2.35. The Morgan fingerprint density at radius 1 is 1.00 bits per heavy atom. The van der Waals surface area contributed by atoms with E-state index in [0.717, 1.165) is 16.8 Å². The van der Waals surface area contributed by atoms with Crippen LogP contribution in [0.4, 0.5) is 16.2 Å². The topological polar surface area (TPSA) is 87.7 Å². The maximum atomic E-state index is 12.5. The average molecular weight is 383 g/mol. The van der Waals surface area contributed by atoms with Gasteiger partial charge in [-0.05, 0) is 62.2 Å². The first kappa shape index (κ1) is 21.0. The van der Waals surface area contributed by atoms with Crippen LogP contribution in [-0.2, 0) is 9.53 Å². The van der Waals surface area contributed by atoms with Crippen LogP contribution in [0.3, 0.4) is 0 Å². The van der Waals surface area contributed by atoms with Gasteiger partial charge in [0, 0.05) is 24.0 Å². The molecule has 0 radical (unpaired) electrons. The summed E-state index contributed by atoms with van der Waals surface area (Å²) in [4.78, 5) is 37.6. The smallest absolute Gasteiger partial charge is 0.411 e. The summed E-state index contributed by atoms with van der Waals surface area (Å²) in [5.41, 5.74) is 3.75. The quantitative estimate of drug-likeness (QED) is 0.798. The highest BCUT2D eigenvalue weighted by Gasteiger charge is 2.16. The van der Waals surface area contributed by atoms with Gasteiger partial charge < -0.3 is 15.0 Å². The van der Waals surface area contributed by atoms with Crippen molar-refractivity contribution in [3.8, 4) is 0 Å². The molecule has 2 aromatic rings. The molecule has 0 heterocycles. The largest absolute Gasteiger partial charge is 0.450 e. The fourth-order valence-electron chi connectivity index (χ4n) is 2.57. The van der Waals surface area contributed by atoms with E-state index in [1.54, 1.807) is 38.2 Å². The highest BCUT2D eigenvalue weighted by molar-refractivity contribution is 5.99. The minimum absolute atomic E-state index is 0.0744. The molecule has 7 nitrogen and oxygen atoms in total. The number of nitrogens with one attached hydrogen (secondary N) is 2. The number of benzene rings is 2. The summed E-state index contributed by atoms with van der Waals surface area (Å²) in [6.45, 7) is 5.83. The predicted octanol–water partition coefficient (Wildman–Crippen LogP) is 3.58. The molecule has 0 spiro atoms. The minimum atomic E-state index is -0.554. The third-order valence-corrected chi connectivity index (χ3v) is 4.26. The molecular weight excluding hydrogens is 358 g/mol. The monoisotopic (exact) mass is 383 g/mol. The number of ether oxygens (including phenoxy) is 1. The van der Waals surface area contributed by atoms with Gasteiger partial charge in [-0.2, -0.15) is 0 Å². The van der Waals surface area contributed by atoms with Gasteiger partial charge in [0.15, 0.2) is 0 Å². The molecule has 0 aromatic heterocycles. The number of hydrogen-bond acceptors (Lipinski definition) is 4. The number of likely N-dealkylation sites (N-methyl/N-ethyl adjacent to an activating group) is 1. The Bertz CT molecular complexity index is 862. The predicted molar refractivity (Wildman–Crippen MR) is 109 cm³/mol. The van der Waals surface area contributed by atoms with Crippen molar-refractivity contribution in [2.24, 2.45) is 0 Å². The zero-order valence-electron chi connectivity index (χ0n) is 16.5. The first-order chi connectivity index (χ1) is 13.3. The third-order valence-electron chi connectivity index (χ3n) is 4.26. The van der Waals surface area contributed by atoms with Crippen molar-refractivity contribution >= 4 is 29.3 Å². The molecule has 0 aliphatic heterocycles. The van der Waals surface area contributed by atoms with Crippen LogP contribution in [0.5, 0.6) is 0 Å². The molecule has 2 rings (SSSR count). The number of carbonyl (C=O) groups is 3. The van der Waals surface area contributed by atoms with Gasteiger partial charge >= 0.3 is 6.09 Å². The first-order valence-corrected chi connectivity index (χ1v) is 8.97. The molecule has 0 atom stereocenters. The highest BCUT2D eigenvalue weighted by Crippen LogP contribution is 2.18. The van der Waals surface area contributed by atoms with Gasteiger partial charge in [0.25, 0.3) is 5.91 Å². The van der Waals surface area contributed by atoms with Gasteiger partial charge in [-0.15, -0.1) is 0 Å². The van der Waals surface area contributed by atoms with E-state index in [9.17, 15) is 14.4 Å². The van der Waals surface area contributed by atoms with E-state index < -0.39 is 6.09 Å². The normalized spacial score (nSPS) is 10.1. The summed E-state index contributed by atoms with van der Waals surface area (Å²) in [5, 5.41) is 5.39. The van der Waals surface area contributed by atoms with Crippen molar-refractivity contribution in [3.63, 3.8) is 0 Å². The molecule has 2 aromatic carbocycles. The van der Waals surface area contributed by atoms with Gasteiger partial charge in [-0.25, -0.2) is 4.79 Å². The number of nitrogens with zero attached hydrogens (tertiary/aromatic N) is 1. The fourth-order valence-corrected chi connectivity index (χ4v) is 2.57. The molecule has 0 bridgehead atoms. The Morgan fingerprint density at radius 3 is 2.32 bits per heavy atom. The molecule has 0 fully saturated rings. The second-order valence-electron chi connectivity index (χ2n) is 6.38. The van der Waals surface area contributed by atoms with Gasteiger partial charge in [0.05, 0.1) is 13.2 Å². The van der Waals surface area contributed by atoms with Crippen LogP contribution in [0, 0.1) is 13.8 Å². The SMILES string of the molecule is CCOC(=O)Nc1ccc(C(=O)N(C)CC(=O)Nc2cccc(C)c2C)cc1. The lowest BCUT2D eigenvalue weighted by Gasteiger charge is -2.18. The Kier molecular flexibility index (Phi) is 7.14. The van der Waals surface area contributed by atoms with Crippen molar-refractivity contribution in [1.82, 2.24) is 4.90 Å². The van der Waals surface area contributed by atoms with Crippen molar-refractivity contribution in [2.45, 2.75) is 20.8 Å². The summed E-state index contributed by atoms with van der Waals surface area (Å²) in [5.74, 6) is -0.566. The molecule has 0 saturated carbocycles. The van der Waals surface area contributed by atoms with Crippen molar-refractivity contribution in [3.05, 3.63) is 59.2 Å². The lowest BCUT2D eigenvalue weighted by atomic mass is 10.1. The fraction of sp³-hybridized carbons (Fsp3) is 0.286. The van der Waals surface area contributed by atoms with Gasteiger partial charge in [0.2, 0.25) is 5.91 Å². The molecule has 0 aliphatic carbocycles. The Morgan fingerprint density at radius 2 is 1.68 bits per heavy atom. The second-order valence-corrected chi connectivity index (χ2v) is 6.38. The van der Waals surface area contributed by atoms with Gasteiger partial charge in [-0.1, -0.05) is 12.1 Å². The average Bonchev–Trinajstić information content (AvgIpc) is 2.65. The molecule has 0 aliphatic rings. The van der Waals surface area contributed by atoms with E-state index in [1.807, 2.05) is 32.0 Å². The third kappa shape index (κ3) is 5.57. The number of hydrogen-bond donors (Lipinski definition) is 2. The maximum absolute atomic E-state index is 12.5. The number of aryl methyl sites for hydroxylation is 1. The Balaban J connectivity index is 1.95. The van der Waals surface area contributed by atoms with E-state index in [0.29, 0.717) is 11.3 Å². The highest BCUT2D eigenvalue weighted by atomic mass is 16.5. The van der Waals surface area contributed by atoms with E-state index in [1.165, 1.54) is 4.90 Å². The van der Waals surface area contributed by atoms with Crippen LogP contribution < -0.4 is 10.6 Å². The van der Waals surface area contributed by atoms with Crippen LogP contribution in [0.2, 0.25) is 0 Å². The molecule has 28 heavy (non-hydrogen) atoms. The summed E-state index contributed by atoms with van der Waals surface area (Å²) in [7, 11) is 1.57. The zero-order chi connectivity index (χ0) is 20.7. The summed E-state index contributed by atoms with van der Waals surface area (Å²) in [6.07, 6.45) is -0.554. The lowest BCUT2D eigenvalue weighted by molar-refractivity contribution is -0.116. The van der Waals surface area contributed by atoms with Crippen molar-refractivity contribution in [2.75, 3.05) is 30.8 Å². The maximum Gasteiger partial charge on any atom is 0.411 e. The number of anilines is 2. The van der Waals surface area contributed by atoms with E-state index >= 15 is 0 Å². The first-order valence-electron chi connectivity index (χ1n) is 8.97. The van der Waals surface area contributed by atoms with Crippen molar-refractivity contribution < 1.29 is 19.1 Å². The van der Waals surface area contributed by atoms with Crippen LogP contribution in [0.25, 0.3) is 0 Å². The Labute approximate surface area is 164 Å². The molecule has 148 valence electrons. The summed E-state index contributed by atoms with van der Waals surface area (Å²) >= 11 is 0. The van der Waals surface area contributed by atoms with Gasteiger partial charge in [0.1, 0.15) is 0 Å².